The highest BCUT2D eigenvalue weighted by Gasteiger charge is 2.31. The average molecular weight is 302 g/mol. The summed E-state index contributed by atoms with van der Waals surface area (Å²) in [5, 5.41) is 6.22. The van der Waals surface area contributed by atoms with Crippen LogP contribution in [0.3, 0.4) is 0 Å². The van der Waals surface area contributed by atoms with E-state index in [0.717, 1.165) is 23.4 Å². The number of ether oxygens (including phenoxy) is 1. The first kappa shape index (κ1) is 15.0. The zero-order valence-corrected chi connectivity index (χ0v) is 13.2. The molecule has 1 amide bonds. The number of carbonyl (C=O) groups excluding carboxylic acids is 1. The third-order valence-electron chi connectivity index (χ3n) is 4.00. The van der Waals surface area contributed by atoms with Gasteiger partial charge in [0.1, 0.15) is 11.9 Å². The van der Waals surface area contributed by atoms with Crippen LogP contribution in [0, 0.1) is 6.92 Å². The van der Waals surface area contributed by atoms with Gasteiger partial charge in [-0.1, -0.05) is 6.07 Å². The Labute approximate surface area is 129 Å². The molecule has 0 saturated carbocycles. The zero-order chi connectivity index (χ0) is 15.7. The Morgan fingerprint density at radius 2 is 2.36 bits per heavy atom. The lowest BCUT2D eigenvalue weighted by atomic mass is 10.0. The topological polar surface area (TPSA) is 67.7 Å². The molecule has 0 aliphatic carbocycles. The quantitative estimate of drug-likeness (QED) is 0.887. The summed E-state index contributed by atoms with van der Waals surface area (Å²) in [6, 6.07) is 4.04. The number of hydrogen-bond donors (Lipinski definition) is 2. The number of hydrogen-bond acceptors (Lipinski definition) is 4. The van der Waals surface area contributed by atoms with E-state index in [1.165, 1.54) is 0 Å². The Morgan fingerprint density at radius 3 is 3.09 bits per heavy atom. The molecule has 1 aliphatic rings. The molecule has 3 heterocycles. The lowest BCUT2D eigenvalue weighted by molar-refractivity contribution is -0.136. The fourth-order valence-electron chi connectivity index (χ4n) is 2.80. The second kappa shape index (κ2) is 5.70. The van der Waals surface area contributed by atoms with Crippen molar-refractivity contribution in [1.82, 2.24) is 20.0 Å². The van der Waals surface area contributed by atoms with Gasteiger partial charge in [0.25, 0.3) is 5.91 Å². The van der Waals surface area contributed by atoms with Crippen molar-refractivity contribution in [3.8, 4) is 0 Å². The van der Waals surface area contributed by atoms with E-state index in [0.29, 0.717) is 13.2 Å². The summed E-state index contributed by atoms with van der Waals surface area (Å²) in [6.45, 7) is 7.86. The summed E-state index contributed by atoms with van der Waals surface area (Å²) >= 11 is 0. The lowest BCUT2D eigenvalue weighted by Gasteiger charge is -2.29. The second-order valence-electron chi connectivity index (χ2n) is 6.21. The summed E-state index contributed by atoms with van der Waals surface area (Å²) in [7, 11) is 0. The van der Waals surface area contributed by atoms with Crippen molar-refractivity contribution in [2.24, 2.45) is 0 Å². The van der Waals surface area contributed by atoms with Crippen molar-refractivity contribution in [1.29, 1.82) is 0 Å². The van der Waals surface area contributed by atoms with Crippen LogP contribution >= 0.6 is 0 Å². The third kappa shape index (κ3) is 2.71. The molecular formula is C16H22N4O2. The minimum Gasteiger partial charge on any atom is -0.366 e. The van der Waals surface area contributed by atoms with Crippen molar-refractivity contribution >= 4 is 11.4 Å². The van der Waals surface area contributed by atoms with E-state index in [1.54, 1.807) is 0 Å². The fraction of sp³-hybridized carbons (Fsp3) is 0.500. The first-order valence-electron chi connectivity index (χ1n) is 7.56. The van der Waals surface area contributed by atoms with Crippen molar-refractivity contribution in [3.63, 3.8) is 0 Å². The predicted molar refractivity (Wildman–Crippen MR) is 83.7 cm³/mol. The maximum atomic E-state index is 12.4. The molecule has 0 aromatic carbocycles. The van der Waals surface area contributed by atoms with E-state index < -0.39 is 11.6 Å². The second-order valence-corrected chi connectivity index (χ2v) is 6.21. The predicted octanol–water partition coefficient (Wildman–Crippen LogP) is 0.982. The summed E-state index contributed by atoms with van der Waals surface area (Å²) in [5.41, 5.74) is 1.62. The number of aromatic nitrogens is 2. The van der Waals surface area contributed by atoms with E-state index in [9.17, 15) is 4.79 Å². The molecule has 0 bridgehead atoms. The minimum atomic E-state index is -0.585. The molecular weight excluding hydrogens is 280 g/mol. The number of nitrogens with one attached hydrogen (secondary N) is 2. The van der Waals surface area contributed by atoms with Gasteiger partial charge in [-0.2, -0.15) is 0 Å². The lowest BCUT2D eigenvalue weighted by Crippen LogP contribution is -2.52. The Morgan fingerprint density at radius 1 is 1.55 bits per heavy atom. The molecule has 6 heteroatoms. The van der Waals surface area contributed by atoms with Crippen molar-refractivity contribution < 1.29 is 9.53 Å². The number of morpholine rings is 1. The van der Waals surface area contributed by atoms with E-state index in [1.807, 2.05) is 49.7 Å². The molecule has 2 aromatic rings. The highest BCUT2D eigenvalue weighted by Crippen LogP contribution is 2.22. The maximum Gasteiger partial charge on any atom is 0.251 e. The van der Waals surface area contributed by atoms with Crippen LogP contribution < -0.4 is 10.6 Å². The van der Waals surface area contributed by atoms with E-state index in [2.05, 4.69) is 15.6 Å². The van der Waals surface area contributed by atoms with Crippen molar-refractivity contribution in [3.05, 3.63) is 35.9 Å². The number of rotatable bonds is 3. The van der Waals surface area contributed by atoms with Gasteiger partial charge >= 0.3 is 0 Å². The van der Waals surface area contributed by atoms with Gasteiger partial charge in [0.15, 0.2) is 0 Å². The molecule has 3 rings (SSSR count). The van der Waals surface area contributed by atoms with E-state index >= 15 is 0 Å². The number of nitrogens with zero attached hydrogens (tertiary/aromatic N) is 2. The molecule has 1 atom stereocenters. The Balaban J connectivity index is 1.84. The van der Waals surface area contributed by atoms with Gasteiger partial charge in [0.05, 0.1) is 23.9 Å². The fourth-order valence-corrected chi connectivity index (χ4v) is 2.80. The first-order chi connectivity index (χ1) is 10.5. The van der Waals surface area contributed by atoms with Gasteiger partial charge in [0, 0.05) is 19.3 Å². The number of fused-ring (bicyclic) bond motifs is 1. The molecule has 1 saturated heterocycles. The third-order valence-corrected chi connectivity index (χ3v) is 4.00. The summed E-state index contributed by atoms with van der Waals surface area (Å²) in [4.78, 5) is 16.9. The van der Waals surface area contributed by atoms with Crippen LogP contribution in [-0.4, -0.2) is 41.1 Å². The molecule has 1 aliphatic heterocycles. The largest absolute Gasteiger partial charge is 0.366 e. The van der Waals surface area contributed by atoms with Crippen LogP contribution in [0.1, 0.15) is 25.2 Å². The van der Waals surface area contributed by atoms with Gasteiger partial charge in [-0.15, -0.1) is 0 Å². The number of imidazole rings is 1. The highest BCUT2D eigenvalue weighted by atomic mass is 16.5. The van der Waals surface area contributed by atoms with Crippen molar-refractivity contribution in [2.75, 3.05) is 19.7 Å². The normalized spacial score (nSPS) is 19.3. The Hall–Kier alpha value is -1.92. The molecule has 118 valence electrons. The minimum absolute atomic E-state index is 0.110. The first-order valence-corrected chi connectivity index (χ1v) is 7.56. The molecule has 22 heavy (non-hydrogen) atoms. The molecule has 0 unspecified atom stereocenters. The summed E-state index contributed by atoms with van der Waals surface area (Å²) in [6.07, 6.45) is 3.37. The Bertz CT molecular complexity index is 687. The number of pyridine rings is 1. The molecule has 1 fully saturated rings. The molecule has 2 aromatic heterocycles. The molecule has 0 spiro atoms. The van der Waals surface area contributed by atoms with Gasteiger partial charge in [0.2, 0.25) is 0 Å². The van der Waals surface area contributed by atoms with Gasteiger partial charge < -0.3 is 19.8 Å². The SMILES string of the molecule is Cc1cccn2c(C(C)(C)NC(=O)[C@@H]3CNCCO3)ncc12. The van der Waals surface area contributed by atoms with Crippen LogP contribution in [0.5, 0.6) is 0 Å². The number of amides is 1. The van der Waals surface area contributed by atoms with Crippen LogP contribution in [0.4, 0.5) is 0 Å². The van der Waals surface area contributed by atoms with Crippen LogP contribution in [0.25, 0.3) is 5.52 Å². The molecule has 2 N–H and O–H groups in total. The monoisotopic (exact) mass is 302 g/mol. The zero-order valence-electron chi connectivity index (χ0n) is 13.2. The highest BCUT2D eigenvalue weighted by molar-refractivity contribution is 5.82. The van der Waals surface area contributed by atoms with Crippen LogP contribution in [0.15, 0.2) is 24.5 Å². The van der Waals surface area contributed by atoms with Crippen LogP contribution in [-0.2, 0) is 15.1 Å². The van der Waals surface area contributed by atoms with Crippen LogP contribution in [0.2, 0.25) is 0 Å². The number of aryl methyl sites for hydroxylation is 1. The Kier molecular flexibility index (Phi) is 3.88. The van der Waals surface area contributed by atoms with E-state index in [4.69, 9.17) is 4.74 Å². The maximum absolute atomic E-state index is 12.4. The van der Waals surface area contributed by atoms with Gasteiger partial charge in [-0.3, -0.25) is 4.79 Å². The average Bonchev–Trinajstić information content (AvgIpc) is 2.94. The molecule has 6 nitrogen and oxygen atoms in total. The standard InChI is InChI=1S/C16H22N4O2/c1-11-5-4-7-20-12(11)9-18-15(20)16(2,3)19-14(21)13-10-17-6-8-22-13/h4-5,7,9,13,17H,6,8,10H2,1-3H3,(H,19,21)/t13-/m0/s1. The molecule has 0 radical (unpaired) electrons. The summed E-state index contributed by atoms with van der Waals surface area (Å²) < 4.78 is 7.53. The smallest absolute Gasteiger partial charge is 0.251 e. The van der Waals surface area contributed by atoms with Gasteiger partial charge in [-0.05, 0) is 32.4 Å². The van der Waals surface area contributed by atoms with E-state index in [-0.39, 0.29) is 5.91 Å². The number of carbonyl (C=O) groups is 1. The van der Waals surface area contributed by atoms with Crippen molar-refractivity contribution in [2.45, 2.75) is 32.4 Å². The summed E-state index contributed by atoms with van der Waals surface area (Å²) in [5.74, 6) is 0.699. The van der Waals surface area contributed by atoms with Gasteiger partial charge in [-0.25, -0.2) is 4.98 Å².